The Morgan fingerprint density at radius 2 is 1.74 bits per heavy atom. The minimum absolute atomic E-state index is 0.214. The molecular weight excluding hydrogens is 479 g/mol. The van der Waals surface area contributed by atoms with Gasteiger partial charge in [-0.1, -0.05) is 17.4 Å². The second-order valence-corrected chi connectivity index (χ2v) is 7.64. The predicted octanol–water partition coefficient (Wildman–Crippen LogP) is 4.02. The zero-order valence-electron chi connectivity index (χ0n) is 14.7. The largest absolute Gasteiger partial charge is 0.493 e. The van der Waals surface area contributed by atoms with E-state index >= 15 is 0 Å². The molecule has 0 aliphatic carbocycles. The lowest BCUT2D eigenvalue weighted by Gasteiger charge is -2.09. The van der Waals surface area contributed by atoms with Gasteiger partial charge in [0.25, 0.3) is 5.91 Å². The lowest BCUT2D eigenvalue weighted by molar-refractivity contribution is 0.102. The number of rotatable bonds is 7. The van der Waals surface area contributed by atoms with E-state index in [1.165, 1.54) is 11.3 Å². The third-order valence-electron chi connectivity index (χ3n) is 3.64. The van der Waals surface area contributed by atoms with Crippen molar-refractivity contribution in [2.75, 3.05) is 24.9 Å². The van der Waals surface area contributed by atoms with Crippen molar-refractivity contribution in [2.45, 2.75) is 6.54 Å². The molecule has 0 aliphatic rings. The van der Waals surface area contributed by atoms with E-state index in [1.807, 2.05) is 30.3 Å². The lowest BCUT2D eigenvalue weighted by atomic mass is 10.2. The van der Waals surface area contributed by atoms with Crippen molar-refractivity contribution in [1.82, 2.24) is 10.2 Å². The first-order valence-electron chi connectivity index (χ1n) is 7.94. The van der Waals surface area contributed by atoms with Crippen molar-refractivity contribution < 1.29 is 14.3 Å². The van der Waals surface area contributed by atoms with Crippen LogP contribution in [0.3, 0.4) is 0 Å². The standard InChI is InChI=1S/C18H17IN4O3S/c1-25-14-8-3-11(9-15(14)26-2)10-20-17-22-23-18(27-17)21-16(24)12-4-6-13(19)7-5-12/h3-9H,10H2,1-2H3,(H,20,22)(H,21,23,24). The second-order valence-electron chi connectivity index (χ2n) is 5.42. The van der Waals surface area contributed by atoms with Gasteiger partial charge in [0.05, 0.1) is 14.2 Å². The fourth-order valence-corrected chi connectivity index (χ4v) is 3.28. The van der Waals surface area contributed by atoms with Crippen molar-refractivity contribution in [3.05, 3.63) is 57.2 Å². The van der Waals surface area contributed by atoms with Crippen molar-refractivity contribution in [3.63, 3.8) is 0 Å². The summed E-state index contributed by atoms with van der Waals surface area (Å²) in [5.41, 5.74) is 1.58. The van der Waals surface area contributed by atoms with Crippen LogP contribution < -0.4 is 20.1 Å². The lowest BCUT2D eigenvalue weighted by Crippen LogP contribution is -2.11. The van der Waals surface area contributed by atoms with Crippen LogP contribution in [0.25, 0.3) is 0 Å². The number of benzene rings is 2. The predicted molar refractivity (Wildman–Crippen MR) is 114 cm³/mol. The summed E-state index contributed by atoms with van der Waals surface area (Å²) < 4.78 is 11.6. The number of carbonyl (C=O) groups is 1. The molecule has 0 saturated heterocycles. The Bertz CT molecular complexity index is 931. The number of ether oxygens (including phenoxy) is 2. The van der Waals surface area contributed by atoms with Crippen LogP contribution in [0.15, 0.2) is 42.5 Å². The molecule has 0 spiro atoms. The maximum Gasteiger partial charge on any atom is 0.257 e. The zero-order valence-corrected chi connectivity index (χ0v) is 17.6. The van der Waals surface area contributed by atoms with E-state index in [1.54, 1.807) is 26.4 Å². The van der Waals surface area contributed by atoms with Gasteiger partial charge in [0, 0.05) is 15.7 Å². The van der Waals surface area contributed by atoms with E-state index in [9.17, 15) is 4.79 Å². The SMILES string of the molecule is COc1ccc(CNc2nnc(NC(=O)c3ccc(I)cc3)s2)cc1OC. The summed E-state index contributed by atoms with van der Waals surface area (Å²) in [5.74, 6) is 1.13. The molecule has 9 heteroatoms. The van der Waals surface area contributed by atoms with Gasteiger partial charge < -0.3 is 14.8 Å². The first kappa shape index (κ1) is 19.4. The second kappa shape index (κ2) is 9.00. The Kier molecular flexibility index (Phi) is 6.45. The molecule has 27 heavy (non-hydrogen) atoms. The Hall–Kier alpha value is -2.40. The fraction of sp³-hybridized carbons (Fsp3) is 0.167. The van der Waals surface area contributed by atoms with Gasteiger partial charge >= 0.3 is 0 Å². The van der Waals surface area contributed by atoms with E-state index in [2.05, 4.69) is 43.4 Å². The van der Waals surface area contributed by atoms with Gasteiger partial charge in [0.15, 0.2) is 11.5 Å². The van der Waals surface area contributed by atoms with Crippen LogP contribution in [0, 0.1) is 3.57 Å². The van der Waals surface area contributed by atoms with E-state index < -0.39 is 0 Å². The van der Waals surface area contributed by atoms with Crippen LogP contribution in [0.2, 0.25) is 0 Å². The number of hydrogen-bond donors (Lipinski definition) is 2. The summed E-state index contributed by atoms with van der Waals surface area (Å²) in [5, 5.41) is 15.0. The summed E-state index contributed by atoms with van der Waals surface area (Å²) in [7, 11) is 3.20. The smallest absolute Gasteiger partial charge is 0.257 e. The molecule has 0 bridgehead atoms. The summed E-state index contributed by atoms with van der Waals surface area (Å²) in [4.78, 5) is 12.2. The van der Waals surface area contributed by atoms with Gasteiger partial charge in [0.2, 0.25) is 10.3 Å². The first-order valence-corrected chi connectivity index (χ1v) is 9.84. The minimum Gasteiger partial charge on any atom is -0.493 e. The molecule has 0 atom stereocenters. The molecule has 1 heterocycles. The molecule has 3 rings (SSSR count). The summed E-state index contributed by atoms with van der Waals surface area (Å²) in [6.07, 6.45) is 0. The molecule has 0 unspecified atom stereocenters. The van der Waals surface area contributed by atoms with Gasteiger partial charge in [-0.15, -0.1) is 10.2 Å². The van der Waals surface area contributed by atoms with Crippen molar-refractivity contribution in [3.8, 4) is 11.5 Å². The summed E-state index contributed by atoms with van der Waals surface area (Å²) in [6.45, 7) is 0.542. The van der Waals surface area contributed by atoms with Gasteiger partial charge in [0.1, 0.15) is 0 Å². The van der Waals surface area contributed by atoms with Crippen LogP contribution in [0.1, 0.15) is 15.9 Å². The van der Waals surface area contributed by atoms with Gasteiger partial charge in [-0.3, -0.25) is 10.1 Å². The van der Waals surface area contributed by atoms with Crippen molar-refractivity contribution in [1.29, 1.82) is 0 Å². The molecule has 0 aliphatic heterocycles. The van der Waals surface area contributed by atoms with Gasteiger partial charge in [-0.25, -0.2) is 0 Å². The molecule has 0 radical (unpaired) electrons. The molecule has 1 amide bonds. The molecule has 0 fully saturated rings. The molecule has 2 aromatic carbocycles. The number of halogens is 1. The normalized spacial score (nSPS) is 10.3. The van der Waals surface area contributed by atoms with Crippen LogP contribution in [-0.4, -0.2) is 30.3 Å². The Morgan fingerprint density at radius 1 is 1.04 bits per heavy atom. The van der Waals surface area contributed by atoms with E-state index in [0.717, 1.165) is 9.13 Å². The Labute approximate surface area is 174 Å². The summed E-state index contributed by atoms with van der Waals surface area (Å²) in [6, 6.07) is 13.0. The monoisotopic (exact) mass is 496 g/mol. The number of aromatic nitrogens is 2. The van der Waals surface area contributed by atoms with Gasteiger partial charge in [-0.2, -0.15) is 0 Å². The molecule has 2 N–H and O–H groups in total. The third kappa shape index (κ3) is 5.07. The topological polar surface area (TPSA) is 85.4 Å². The Morgan fingerprint density at radius 3 is 2.44 bits per heavy atom. The highest BCUT2D eigenvalue weighted by molar-refractivity contribution is 14.1. The maximum absolute atomic E-state index is 12.2. The highest BCUT2D eigenvalue weighted by Gasteiger charge is 2.11. The number of anilines is 2. The first-order chi connectivity index (χ1) is 13.1. The summed E-state index contributed by atoms with van der Waals surface area (Å²) >= 11 is 3.47. The number of amides is 1. The van der Waals surface area contributed by atoms with Crippen molar-refractivity contribution in [2.24, 2.45) is 0 Å². The highest BCUT2D eigenvalue weighted by Crippen LogP contribution is 2.28. The third-order valence-corrected chi connectivity index (χ3v) is 5.16. The average molecular weight is 496 g/mol. The number of methoxy groups -OCH3 is 2. The van der Waals surface area contributed by atoms with E-state index in [4.69, 9.17) is 9.47 Å². The molecule has 3 aromatic rings. The van der Waals surface area contributed by atoms with Crippen LogP contribution in [0.5, 0.6) is 11.5 Å². The zero-order chi connectivity index (χ0) is 19.2. The van der Waals surface area contributed by atoms with Crippen molar-refractivity contribution >= 4 is 50.1 Å². The molecule has 140 valence electrons. The van der Waals surface area contributed by atoms with Crippen LogP contribution in [-0.2, 0) is 6.54 Å². The van der Waals surface area contributed by atoms with Crippen LogP contribution >= 0.6 is 33.9 Å². The molecular formula is C18H17IN4O3S. The minimum atomic E-state index is -0.214. The highest BCUT2D eigenvalue weighted by atomic mass is 127. The Balaban J connectivity index is 1.59. The number of carbonyl (C=O) groups excluding carboxylic acids is 1. The average Bonchev–Trinajstić information content (AvgIpc) is 3.13. The van der Waals surface area contributed by atoms with E-state index in [0.29, 0.717) is 33.9 Å². The quantitative estimate of drug-likeness (QED) is 0.481. The molecule has 7 nitrogen and oxygen atoms in total. The van der Waals surface area contributed by atoms with Gasteiger partial charge in [-0.05, 0) is 64.6 Å². The number of nitrogens with zero attached hydrogens (tertiary/aromatic N) is 2. The van der Waals surface area contributed by atoms with Crippen LogP contribution in [0.4, 0.5) is 10.3 Å². The maximum atomic E-state index is 12.2. The van der Waals surface area contributed by atoms with E-state index in [-0.39, 0.29) is 5.91 Å². The fourth-order valence-electron chi connectivity index (χ4n) is 2.28. The molecule has 0 saturated carbocycles. The molecule has 1 aromatic heterocycles. The number of nitrogens with one attached hydrogen (secondary N) is 2. The number of hydrogen-bond acceptors (Lipinski definition) is 7.